The molecule has 0 aliphatic heterocycles. The van der Waals surface area contributed by atoms with Crippen LogP contribution in [0.3, 0.4) is 0 Å². The molecule has 0 unspecified atom stereocenters. The topological polar surface area (TPSA) is 9.23 Å². The summed E-state index contributed by atoms with van der Waals surface area (Å²) in [5.41, 5.74) is 1.10. The molecule has 0 N–H and O–H groups in total. The lowest BCUT2D eigenvalue weighted by Gasteiger charge is -2.37. The normalized spacial score (nSPS) is 26.7. The van der Waals surface area contributed by atoms with Crippen molar-refractivity contribution < 1.29 is 13.5 Å². The van der Waals surface area contributed by atoms with Crippen LogP contribution in [0.1, 0.15) is 70.3 Å². The Bertz CT molecular complexity index is 890. The molecule has 2 fully saturated rings. The molecular weight excluding hydrogens is 390 g/mol. The maximum Gasteiger partial charge on any atom is 0.201 e. The average Bonchev–Trinajstić information content (AvgIpc) is 2.82. The van der Waals surface area contributed by atoms with E-state index in [1.54, 1.807) is 13.0 Å². The lowest BCUT2D eigenvalue weighted by molar-refractivity contribution is 0.153. The van der Waals surface area contributed by atoms with Crippen LogP contribution in [-0.2, 0) is 6.42 Å². The van der Waals surface area contributed by atoms with Crippen LogP contribution < -0.4 is 4.74 Å². The van der Waals surface area contributed by atoms with Crippen molar-refractivity contribution in [3.05, 3.63) is 54.1 Å². The zero-order valence-electron chi connectivity index (χ0n) is 18.8. The van der Waals surface area contributed by atoms with E-state index in [1.165, 1.54) is 51.4 Å². The predicted molar refractivity (Wildman–Crippen MR) is 124 cm³/mol. The minimum atomic E-state index is -0.882. The molecule has 31 heavy (non-hydrogen) atoms. The summed E-state index contributed by atoms with van der Waals surface area (Å²) in [5, 5.41) is 1.05. The largest absolute Gasteiger partial charge is 0.491 e. The van der Waals surface area contributed by atoms with Crippen LogP contribution in [0.4, 0.5) is 8.78 Å². The van der Waals surface area contributed by atoms with E-state index in [1.807, 2.05) is 12.1 Å². The summed E-state index contributed by atoms with van der Waals surface area (Å²) in [7, 11) is 0. The quantitative estimate of drug-likeness (QED) is 0.405. The molecule has 1 nitrogen and oxygen atoms in total. The van der Waals surface area contributed by atoms with E-state index < -0.39 is 11.6 Å². The lowest BCUT2D eigenvalue weighted by atomic mass is 9.68. The molecule has 2 aromatic rings. The van der Waals surface area contributed by atoms with Crippen molar-refractivity contribution in [1.29, 1.82) is 0 Å². The van der Waals surface area contributed by atoms with Gasteiger partial charge in [-0.3, -0.25) is 0 Å². The molecule has 168 valence electrons. The lowest BCUT2D eigenvalue weighted by Crippen LogP contribution is -2.25. The summed E-state index contributed by atoms with van der Waals surface area (Å²) in [4.78, 5) is 0. The molecule has 3 heteroatoms. The number of hydrogen-bond donors (Lipinski definition) is 0. The fourth-order valence-electron chi connectivity index (χ4n) is 5.94. The second kappa shape index (κ2) is 10.1. The van der Waals surface area contributed by atoms with Crippen LogP contribution in [0.2, 0.25) is 0 Å². The van der Waals surface area contributed by atoms with E-state index >= 15 is 0 Å². The smallest absolute Gasteiger partial charge is 0.201 e. The molecule has 0 bridgehead atoms. The van der Waals surface area contributed by atoms with Crippen molar-refractivity contribution in [2.24, 2.45) is 23.7 Å². The summed E-state index contributed by atoms with van der Waals surface area (Å²) in [5.74, 6) is 1.67. The van der Waals surface area contributed by atoms with Gasteiger partial charge in [0.1, 0.15) is 0 Å². The Morgan fingerprint density at radius 1 is 0.935 bits per heavy atom. The minimum absolute atomic E-state index is 0.00464. The summed E-state index contributed by atoms with van der Waals surface area (Å²) in [6, 6.07) is 7.38. The zero-order chi connectivity index (χ0) is 21.8. The Morgan fingerprint density at radius 3 is 2.26 bits per heavy atom. The van der Waals surface area contributed by atoms with Crippen molar-refractivity contribution in [2.75, 3.05) is 6.61 Å². The molecule has 0 radical (unpaired) electrons. The van der Waals surface area contributed by atoms with E-state index in [9.17, 15) is 8.78 Å². The van der Waals surface area contributed by atoms with Crippen LogP contribution in [0, 0.1) is 35.3 Å². The van der Waals surface area contributed by atoms with Gasteiger partial charge in [0.25, 0.3) is 0 Å². The van der Waals surface area contributed by atoms with Crippen molar-refractivity contribution in [1.82, 2.24) is 0 Å². The highest BCUT2D eigenvalue weighted by Crippen LogP contribution is 2.42. The second-order valence-corrected chi connectivity index (χ2v) is 9.72. The molecule has 2 aromatic carbocycles. The second-order valence-electron chi connectivity index (χ2n) is 9.72. The maximum absolute atomic E-state index is 14.6. The minimum Gasteiger partial charge on any atom is -0.491 e. The zero-order valence-corrected chi connectivity index (χ0v) is 18.8. The van der Waals surface area contributed by atoms with Gasteiger partial charge in [0, 0.05) is 5.39 Å². The van der Waals surface area contributed by atoms with E-state index in [2.05, 4.69) is 18.7 Å². The van der Waals surface area contributed by atoms with Crippen molar-refractivity contribution >= 4 is 10.8 Å². The molecule has 0 amide bonds. The summed E-state index contributed by atoms with van der Waals surface area (Å²) < 4.78 is 34.0. The highest BCUT2D eigenvalue weighted by atomic mass is 19.2. The Hall–Kier alpha value is -1.90. The molecule has 0 aromatic heterocycles. The maximum atomic E-state index is 14.6. The number of hydrogen-bond acceptors (Lipinski definition) is 1. The van der Waals surface area contributed by atoms with E-state index in [0.29, 0.717) is 17.4 Å². The number of aryl methyl sites for hydroxylation is 1. The molecular formula is C28H36F2O. The first-order chi connectivity index (χ1) is 15.1. The van der Waals surface area contributed by atoms with E-state index in [0.717, 1.165) is 42.1 Å². The third-order valence-corrected chi connectivity index (χ3v) is 7.90. The van der Waals surface area contributed by atoms with Gasteiger partial charge in [0.15, 0.2) is 11.6 Å². The third kappa shape index (κ3) is 5.13. The van der Waals surface area contributed by atoms with Gasteiger partial charge in [0.2, 0.25) is 5.82 Å². The number of allylic oxidation sites excluding steroid dienone is 1. The molecule has 2 aliphatic carbocycles. The van der Waals surface area contributed by atoms with Gasteiger partial charge in [-0.2, -0.15) is 4.39 Å². The first-order valence-corrected chi connectivity index (χ1v) is 12.2. The number of halogens is 2. The van der Waals surface area contributed by atoms with Gasteiger partial charge < -0.3 is 4.74 Å². The van der Waals surface area contributed by atoms with Crippen molar-refractivity contribution in [3.63, 3.8) is 0 Å². The highest BCUT2D eigenvalue weighted by Gasteiger charge is 2.30. The monoisotopic (exact) mass is 426 g/mol. The first-order valence-electron chi connectivity index (χ1n) is 12.2. The highest BCUT2D eigenvalue weighted by molar-refractivity contribution is 5.85. The molecule has 0 saturated heterocycles. The number of fused-ring (bicyclic) bond motifs is 1. The molecule has 0 spiro atoms. The average molecular weight is 427 g/mol. The van der Waals surface area contributed by atoms with Crippen LogP contribution in [-0.4, -0.2) is 6.61 Å². The Labute approximate surface area is 185 Å². The number of benzene rings is 2. The predicted octanol–water partition coefficient (Wildman–Crippen LogP) is 8.25. The first kappa shape index (κ1) is 22.3. The van der Waals surface area contributed by atoms with Crippen LogP contribution in [0.15, 0.2) is 36.9 Å². The fraction of sp³-hybridized carbons (Fsp3) is 0.571. The van der Waals surface area contributed by atoms with Gasteiger partial charge in [-0.1, -0.05) is 31.1 Å². The van der Waals surface area contributed by atoms with Gasteiger partial charge >= 0.3 is 0 Å². The van der Waals surface area contributed by atoms with Crippen molar-refractivity contribution in [3.8, 4) is 5.75 Å². The van der Waals surface area contributed by atoms with E-state index in [-0.39, 0.29) is 5.75 Å². The van der Waals surface area contributed by atoms with Gasteiger partial charge in [0.05, 0.1) is 6.61 Å². The van der Waals surface area contributed by atoms with E-state index in [4.69, 9.17) is 4.74 Å². The third-order valence-electron chi connectivity index (χ3n) is 7.90. The van der Waals surface area contributed by atoms with Gasteiger partial charge in [-0.15, -0.1) is 6.58 Å². The summed E-state index contributed by atoms with van der Waals surface area (Å²) >= 11 is 0. The molecule has 0 heterocycles. The Kier molecular flexibility index (Phi) is 7.30. The summed E-state index contributed by atoms with van der Waals surface area (Å²) in [6.45, 7) is 6.06. The number of ether oxygens (including phenoxy) is 1. The SMILES string of the molecule is C=CC1CCC(C2CCC(CCc3ccc4cc(OCC)c(F)c(F)c4c3)CC2)CC1. The number of rotatable bonds is 7. The molecule has 2 aliphatic rings. The van der Waals surface area contributed by atoms with Gasteiger partial charge in [-0.05, 0) is 105 Å². The van der Waals surface area contributed by atoms with Crippen LogP contribution >= 0.6 is 0 Å². The molecule has 2 saturated carbocycles. The van der Waals surface area contributed by atoms with Crippen LogP contribution in [0.25, 0.3) is 10.8 Å². The molecule has 4 rings (SSSR count). The van der Waals surface area contributed by atoms with Crippen molar-refractivity contribution in [2.45, 2.75) is 71.1 Å². The standard InChI is InChI=1S/C28H36F2O/c1-3-19-7-12-22(13-8-19)23-14-9-20(10-15-23)5-6-21-11-16-24-18-26(31-4-2)28(30)27(29)25(24)17-21/h3,11,16-20,22-23H,1,4-10,12-15H2,2H3. The Morgan fingerprint density at radius 2 is 1.61 bits per heavy atom. The fourth-order valence-corrected chi connectivity index (χ4v) is 5.94. The van der Waals surface area contributed by atoms with Gasteiger partial charge in [-0.25, -0.2) is 4.39 Å². The van der Waals surface area contributed by atoms with Crippen LogP contribution in [0.5, 0.6) is 5.75 Å². The molecule has 0 atom stereocenters. The summed E-state index contributed by atoms with van der Waals surface area (Å²) in [6.07, 6.45) is 15.0. The Balaban J connectivity index is 1.31.